The number of esters is 4. The third-order valence-corrected chi connectivity index (χ3v) is 17.6. The van der Waals surface area contributed by atoms with Crippen molar-refractivity contribution in [3.63, 3.8) is 0 Å². The molecule has 3 N–H and O–H groups in total. The first-order chi connectivity index (χ1) is 43.2. The molecule has 0 aliphatic heterocycles. The molecule has 2 unspecified atom stereocenters. The van der Waals surface area contributed by atoms with Crippen molar-refractivity contribution in [3.8, 4) is 0 Å². The number of carbonyl (C=O) groups excluding carboxylic acids is 4. The average molecular weight is 1310 g/mol. The number of ether oxygens (including phenoxy) is 4. The molecule has 0 spiro atoms. The summed E-state index contributed by atoms with van der Waals surface area (Å²) in [4.78, 5) is 72.3. The quantitative estimate of drug-likeness (QED) is 0.0169. The number of aliphatic hydroxyl groups is 1. The predicted octanol–water partition coefficient (Wildman–Crippen LogP) is 19.8. The van der Waals surface area contributed by atoms with Crippen molar-refractivity contribution in [1.29, 1.82) is 0 Å². The van der Waals surface area contributed by atoms with Crippen molar-refractivity contribution in [2.24, 2.45) is 0 Å². The van der Waals surface area contributed by atoms with E-state index < -0.39 is 97.5 Å². The van der Waals surface area contributed by atoms with Crippen LogP contribution in [-0.4, -0.2) is 96.7 Å². The molecule has 0 saturated heterocycles. The van der Waals surface area contributed by atoms with Gasteiger partial charge in [0.15, 0.2) is 12.2 Å². The molecule has 17 nitrogen and oxygen atoms in total. The van der Waals surface area contributed by atoms with Crippen LogP contribution < -0.4 is 0 Å². The van der Waals surface area contributed by atoms with Crippen LogP contribution in [0, 0.1) is 0 Å². The van der Waals surface area contributed by atoms with Crippen LogP contribution in [0.3, 0.4) is 0 Å². The van der Waals surface area contributed by atoms with Crippen LogP contribution in [0.1, 0.15) is 342 Å². The fourth-order valence-corrected chi connectivity index (χ4v) is 11.7. The molecule has 0 heterocycles. The Bertz CT molecular complexity index is 1800. The summed E-state index contributed by atoms with van der Waals surface area (Å²) in [6.07, 6.45) is 55.2. The molecule has 0 aliphatic carbocycles. The highest BCUT2D eigenvalue weighted by Crippen LogP contribution is 2.45. The maximum absolute atomic E-state index is 13.0. The minimum absolute atomic E-state index is 0.0858. The van der Waals surface area contributed by atoms with Gasteiger partial charge in [-0.3, -0.25) is 37.3 Å². The number of phosphoric ester groups is 2. The lowest BCUT2D eigenvalue weighted by molar-refractivity contribution is -0.161. The SMILES string of the molecule is CCCCCC/C=C\C=C/CCCCCCCC(=O)O[C@H](COC(=O)CCCCCCCCCCCCCCCCC)COP(=O)(O)OC[C@@H](O)COP(=O)(O)OC[C@@H](COC(=O)CCCCCCC)OC(=O)CCCCCCCCCCCCCCCC. The number of hydrogen-bond donors (Lipinski definition) is 3. The number of unbranched alkanes of at least 4 members (excludes halogenated alkanes) is 40. The molecule has 0 aromatic heterocycles. The van der Waals surface area contributed by atoms with Crippen LogP contribution in [0.25, 0.3) is 0 Å². The van der Waals surface area contributed by atoms with Gasteiger partial charge in [0, 0.05) is 25.7 Å². The van der Waals surface area contributed by atoms with E-state index in [1.54, 1.807) is 0 Å². The van der Waals surface area contributed by atoms with Crippen molar-refractivity contribution in [2.45, 2.75) is 361 Å². The largest absolute Gasteiger partial charge is 0.472 e. The molecular weight excluding hydrogens is 1170 g/mol. The number of hydrogen-bond acceptors (Lipinski definition) is 15. The van der Waals surface area contributed by atoms with Crippen molar-refractivity contribution in [1.82, 2.24) is 0 Å². The van der Waals surface area contributed by atoms with E-state index in [-0.39, 0.29) is 25.7 Å². The predicted molar refractivity (Wildman–Crippen MR) is 358 cm³/mol. The highest BCUT2D eigenvalue weighted by molar-refractivity contribution is 7.47. The molecular formula is C70H132O17P2. The van der Waals surface area contributed by atoms with Gasteiger partial charge in [-0.05, 0) is 51.4 Å². The first kappa shape index (κ1) is 86.5. The third-order valence-electron chi connectivity index (χ3n) is 15.7. The van der Waals surface area contributed by atoms with Crippen LogP contribution in [0.15, 0.2) is 24.3 Å². The Balaban J connectivity index is 5.19. The first-order valence-electron chi connectivity index (χ1n) is 36.1. The number of carbonyl (C=O) groups is 4. The van der Waals surface area contributed by atoms with E-state index in [1.807, 2.05) is 0 Å². The summed E-state index contributed by atoms with van der Waals surface area (Å²) in [7, 11) is -9.90. The van der Waals surface area contributed by atoms with E-state index >= 15 is 0 Å². The zero-order valence-corrected chi connectivity index (χ0v) is 58.7. The molecule has 0 amide bonds. The number of rotatable bonds is 69. The molecule has 0 fully saturated rings. The van der Waals surface area contributed by atoms with Gasteiger partial charge in [-0.25, -0.2) is 9.13 Å². The molecule has 0 rings (SSSR count). The summed E-state index contributed by atoms with van der Waals surface area (Å²) in [5, 5.41) is 10.6. The van der Waals surface area contributed by atoms with Gasteiger partial charge in [0.2, 0.25) is 0 Å². The fourth-order valence-electron chi connectivity index (χ4n) is 10.2. The van der Waals surface area contributed by atoms with E-state index in [0.717, 1.165) is 109 Å². The summed E-state index contributed by atoms with van der Waals surface area (Å²) in [6, 6.07) is 0. The van der Waals surface area contributed by atoms with E-state index in [1.165, 1.54) is 154 Å². The Morgan fingerprint density at radius 1 is 0.315 bits per heavy atom. The molecule has 0 radical (unpaired) electrons. The van der Waals surface area contributed by atoms with Crippen LogP contribution in [0.2, 0.25) is 0 Å². The number of allylic oxidation sites excluding steroid dienone is 4. The fraction of sp³-hybridized carbons (Fsp3) is 0.886. The van der Waals surface area contributed by atoms with Gasteiger partial charge < -0.3 is 33.8 Å². The zero-order valence-electron chi connectivity index (χ0n) is 56.9. The van der Waals surface area contributed by atoms with Gasteiger partial charge in [-0.15, -0.1) is 0 Å². The molecule has 5 atom stereocenters. The van der Waals surface area contributed by atoms with Gasteiger partial charge in [0.1, 0.15) is 19.3 Å². The molecule has 19 heteroatoms. The van der Waals surface area contributed by atoms with E-state index in [4.69, 9.17) is 37.0 Å². The lowest BCUT2D eigenvalue weighted by Crippen LogP contribution is -2.30. The third kappa shape index (κ3) is 64.1. The molecule has 89 heavy (non-hydrogen) atoms. The second-order valence-corrected chi connectivity index (χ2v) is 27.5. The monoisotopic (exact) mass is 1310 g/mol. The van der Waals surface area contributed by atoms with Crippen LogP contribution >= 0.6 is 15.6 Å². The maximum atomic E-state index is 13.0. The smallest absolute Gasteiger partial charge is 0.462 e. The van der Waals surface area contributed by atoms with Gasteiger partial charge >= 0.3 is 39.5 Å². The summed E-state index contributed by atoms with van der Waals surface area (Å²) in [6.45, 7) is 4.80. The highest BCUT2D eigenvalue weighted by atomic mass is 31.2. The Hall–Kier alpha value is -2.46. The molecule has 0 aromatic rings. The number of phosphoric acid groups is 2. The van der Waals surface area contributed by atoms with E-state index in [9.17, 15) is 43.2 Å². The standard InChI is InChI=1S/C70H132O17P2/c1-5-9-13-17-20-23-26-29-32-35-37-40-43-47-51-55-68(73)81-61-66(87-70(75)57-53-49-45-42-39-36-33-30-27-24-21-18-14-10-6-2)63-85-89(78,79)83-59-64(71)58-82-88(76,77)84-62-65(60-80-67(72)54-50-46-16-12-8-4)86-69(74)56-52-48-44-41-38-34-31-28-25-22-19-15-11-7-3/h24,27,30,33,64-66,71H,5-23,25-26,28-29,31-32,34-63H2,1-4H3,(H,76,77)(H,78,79)/b27-24-,33-30-/t64-,65+,66+/m0/s1. The van der Waals surface area contributed by atoms with Crippen molar-refractivity contribution < 1.29 is 80.2 Å². The summed E-state index contributed by atoms with van der Waals surface area (Å²) in [5.74, 6) is -2.16. The van der Waals surface area contributed by atoms with Gasteiger partial charge in [0.05, 0.1) is 26.4 Å². The van der Waals surface area contributed by atoms with Crippen molar-refractivity contribution in [2.75, 3.05) is 39.6 Å². The van der Waals surface area contributed by atoms with E-state index in [2.05, 4.69) is 52.0 Å². The Labute approximate surface area is 542 Å². The summed E-state index contributed by atoms with van der Waals surface area (Å²) >= 11 is 0. The Morgan fingerprint density at radius 2 is 0.539 bits per heavy atom. The van der Waals surface area contributed by atoms with Crippen LogP contribution in [0.4, 0.5) is 0 Å². The summed E-state index contributed by atoms with van der Waals surface area (Å²) < 4.78 is 68.0. The second kappa shape index (κ2) is 64.3. The molecule has 0 aliphatic rings. The Morgan fingerprint density at radius 3 is 0.820 bits per heavy atom. The zero-order chi connectivity index (χ0) is 65.4. The van der Waals surface area contributed by atoms with Crippen molar-refractivity contribution in [3.05, 3.63) is 24.3 Å². The summed E-state index contributed by atoms with van der Waals surface area (Å²) in [5.41, 5.74) is 0. The topological polar surface area (TPSA) is 237 Å². The lowest BCUT2D eigenvalue weighted by atomic mass is 10.0. The molecule has 0 bridgehead atoms. The highest BCUT2D eigenvalue weighted by Gasteiger charge is 2.30. The molecule has 524 valence electrons. The minimum atomic E-state index is -4.96. The first-order valence-corrected chi connectivity index (χ1v) is 39.1. The van der Waals surface area contributed by atoms with Crippen LogP contribution in [0.5, 0.6) is 0 Å². The average Bonchev–Trinajstić information content (AvgIpc) is 3.70. The van der Waals surface area contributed by atoms with Crippen LogP contribution in [-0.2, 0) is 65.4 Å². The molecule has 0 saturated carbocycles. The van der Waals surface area contributed by atoms with Crippen molar-refractivity contribution >= 4 is 39.5 Å². The normalized spacial score (nSPS) is 14.2. The van der Waals surface area contributed by atoms with E-state index in [0.29, 0.717) is 25.7 Å². The minimum Gasteiger partial charge on any atom is -0.462 e. The lowest BCUT2D eigenvalue weighted by Gasteiger charge is -2.21. The second-order valence-electron chi connectivity index (χ2n) is 24.6. The van der Waals surface area contributed by atoms with Gasteiger partial charge in [-0.2, -0.15) is 0 Å². The van der Waals surface area contributed by atoms with Gasteiger partial charge in [0.25, 0.3) is 0 Å². The van der Waals surface area contributed by atoms with Gasteiger partial charge in [-0.1, -0.05) is 290 Å². The molecule has 0 aromatic carbocycles. The maximum Gasteiger partial charge on any atom is 0.472 e. The number of aliphatic hydroxyl groups excluding tert-OH is 1. The Kier molecular flexibility index (Phi) is 62.5.